The van der Waals surface area contributed by atoms with Crippen molar-refractivity contribution in [1.29, 1.82) is 0 Å². The van der Waals surface area contributed by atoms with Crippen LogP contribution < -0.4 is 4.74 Å². The van der Waals surface area contributed by atoms with Crippen LogP contribution >= 0.6 is 11.6 Å². The van der Waals surface area contributed by atoms with Crippen molar-refractivity contribution in [2.45, 2.75) is 45.1 Å². The smallest absolute Gasteiger partial charge is 0.434 e. The number of hydrogen-bond donors (Lipinski definition) is 0. The molecule has 0 fully saturated rings. The van der Waals surface area contributed by atoms with Gasteiger partial charge < -0.3 is 4.74 Å². The van der Waals surface area contributed by atoms with Crippen LogP contribution in [-0.2, 0) is 0 Å². The maximum Gasteiger partial charge on any atom is 0.434 e. The summed E-state index contributed by atoms with van der Waals surface area (Å²) in [5.74, 6) is -1.19. The molecule has 1 aromatic heterocycles. The van der Waals surface area contributed by atoms with E-state index < -0.39 is 24.3 Å². The Hall–Kier alpha value is -1.25. The molecular formula is C11H11ClF6N2O. The molecule has 0 aromatic carbocycles. The predicted molar refractivity (Wildman–Crippen MR) is 62.4 cm³/mol. The SMILES string of the molecule is Cc1c(Cl)nc(C(C)C)nc1OC(C(F)(F)F)C(F)(F)F. The third kappa shape index (κ3) is 4.36. The maximum absolute atomic E-state index is 12.5. The molecule has 0 radical (unpaired) electrons. The lowest BCUT2D eigenvalue weighted by Gasteiger charge is -2.24. The molecule has 1 heterocycles. The summed E-state index contributed by atoms with van der Waals surface area (Å²) in [5, 5.41) is -0.258. The summed E-state index contributed by atoms with van der Waals surface area (Å²) in [7, 11) is 0. The highest BCUT2D eigenvalue weighted by Crippen LogP contribution is 2.37. The van der Waals surface area contributed by atoms with Crippen molar-refractivity contribution in [1.82, 2.24) is 9.97 Å². The zero-order valence-corrected chi connectivity index (χ0v) is 11.9. The fourth-order valence-corrected chi connectivity index (χ4v) is 1.46. The van der Waals surface area contributed by atoms with Crippen LogP contribution in [0.3, 0.4) is 0 Å². The summed E-state index contributed by atoms with van der Waals surface area (Å²) < 4.78 is 78.9. The number of halogens is 7. The highest BCUT2D eigenvalue weighted by atomic mass is 35.5. The van der Waals surface area contributed by atoms with E-state index in [1.165, 1.54) is 6.92 Å². The van der Waals surface area contributed by atoms with E-state index in [0.717, 1.165) is 0 Å². The van der Waals surface area contributed by atoms with Crippen molar-refractivity contribution in [2.75, 3.05) is 0 Å². The van der Waals surface area contributed by atoms with Crippen molar-refractivity contribution in [2.24, 2.45) is 0 Å². The molecule has 0 unspecified atom stereocenters. The van der Waals surface area contributed by atoms with E-state index in [0.29, 0.717) is 0 Å². The molecule has 0 amide bonds. The number of nitrogens with zero attached hydrogens (tertiary/aromatic N) is 2. The van der Waals surface area contributed by atoms with Gasteiger partial charge in [-0.2, -0.15) is 31.3 Å². The Kier molecular flexibility index (Phi) is 4.97. The lowest BCUT2D eigenvalue weighted by Crippen LogP contribution is -2.46. The molecular weight excluding hydrogens is 326 g/mol. The van der Waals surface area contributed by atoms with Gasteiger partial charge in [0, 0.05) is 11.5 Å². The molecule has 1 rings (SSSR count). The normalized spacial score (nSPS) is 13.1. The third-order valence-electron chi connectivity index (χ3n) is 2.40. The Bertz CT molecular complexity index is 501. The van der Waals surface area contributed by atoms with E-state index in [9.17, 15) is 26.3 Å². The first-order chi connectivity index (χ1) is 9.34. The fourth-order valence-electron chi connectivity index (χ4n) is 1.29. The van der Waals surface area contributed by atoms with Crippen LogP contribution in [-0.4, -0.2) is 28.4 Å². The van der Waals surface area contributed by atoms with Crippen LogP contribution in [0.25, 0.3) is 0 Å². The summed E-state index contributed by atoms with van der Waals surface area (Å²) in [4.78, 5) is 7.36. The van der Waals surface area contributed by atoms with E-state index in [-0.39, 0.29) is 22.5 Å². The molecule has 0 spiro atoms. The van der Waals surface area contributed by atoms with Gasteiger partial charge in [0.1, 0.15) is 11.0 Å². The lowest BCUT2D eigenvalue weighted by molar-refractivity contribution is -0.300. The molecule has 0 saturated heterocycles. The molecule has 0 saturated carbocycles. The molecule has 1 aromatic rings. The van der Waals surface area contributed by atoms with E-state index >= 15 is 0 Å². The second-order valence-electron chi connectivity index (χ2n) is 4.54. The number of rotatable bonds is 3. The van der Waals surface area contributed by atoms with Crippen molar-refractivity contribution in [3.8, 4) is 5.88 Å². The first-order valence-electron chi connectivity index (χ1n) is 5.68. The van der Waals surface area contributed by atoms with Crippen LogP contribution in [0.5, 0.6) is 5.88 Å². The highest BCUT2D eigenvalue weighted by Gasteiger charge is 2.59. The quantitative estimate of drug-likeness (QED) is 0.605. The van der Waals surface area contributed by atoms with Gasteiger partial charge in [-0.15, -0.1) is 0 Å². The van der Waals surface area contributed by atoms with Crippen LogP contribution in [0.1, 0.15) is 31.2 Å². The molecule has 0 aliphatic carbocycles. The zero-order chi connectivity index (χ0) is 16.6. The van der Waals surface area contributed by atoms with Gasteiger partial charge in [0.25, 0.3) is 6.10 Å². The lowest BCUT2D eigenvalue weighted by atomic mass is 10.2. The van der Waals surface area contributed by atoms with Gasteiger partial charge in [0.05, 0.1) is 0 Å². The minimum Gasteiger partial charge on any atom is -0.454 e. The second-order valence-corrected chi connectivity index (χ2v) is 4.90. The summed E-state index contributed by atoms with van der Waals surface area (Å²) in [5.41, 5.74) is -0.195. The van der Waals surface area contributed by atoms with E-state index in [1.54, 1.807) is 13.8 Å². The minimum absolute atomic E-state index is 0.0105. The van der Waals surface area contributed by atoms with E-state index in [2.05, 4.69) is 14.7 Å². The van der Waals surface area contributed by atoms with Crippen molar-refractivity contribution < 1.29 is 31.1 Å². The number of ether oxygens (including phenoxy) is 1. The van der Waals surface area contributed by atoms with Crippen molar-refractivity contribution in [3.63, 3.8) is 0 Å². The van der Waals surface area contributed by atoms with Gasteiger partial charge in [-0.25, -0.2) is 4.98 Å². The average molecular weight is 337 g/mol. The Morgan fingerprint density at radius 3 is 1.86 bits per heavy atom. The van der Waals surface area contributed by atoms with E-state index in [4.69, 9.17) is 11.6 Å². The standard InChI is InChI=1S/C11H11ClF6N2O/c1-4(2)7-19-6(12)5(3)8(20-7)21-9(10(13,14)15)11(16,17)18/h4,9H,1-3H3. The van der Waals surface area contributed by atoms with Gasteiger partial charge in [0.2, 0.25) is 5.88 Å². The van der Waals surface area contributed by atoms with Gasteiger partial charge in [-0.1, -0.05) is 25.4 Å². The summed E-state index contributed by atoms with van der Waals surface area (Å²) in [6, 6.07) is 0. The van der Waals surface area contributed by atoms with Gasteiger partial charge in [-0.05, 0) is 6.92 Å². The Labute approximate surface area is 121 Å². The van der Waals surface area contributed by atoms with E-state index in [1.807, 2.05) is 0 Å². The molecule has 0 atom stereocenters. The van der Waals surface area contributed by atoms with Crippen LogP contribution in [0.2, 0.25) is 5.15 Å². The first-order valence-corrected chi connectivity index (χ1v) is 6.06. The Morgan fingerprint density at radius 2 is 1.48 bits per heavy atom. The number of hydrogen-bond acceptors (Lipinski definition) is 3. The van der Waals surface area contributed by atoms with Gasteiger partial charge >= 0.3 is 12.4 Å². The molecule has 0 N–H and O–H groups in total. The third-order valence-corrected chi connectivity index (χ3v) is 2.77. The first kappa shape index (κ1) is 17.8. The fraction of sp³-hybridized carbons (Fsp3) is 0.636. The maximum atomic E-state index is 12.5. The minimum atomic E-state index is -5.62. The Morgan fingerprint density at radius 1 is 1.00 bits per heavy atom. The number of aromatic nitrogens is 2. The van der Waals surface area contributed by atoms with Gasteiger partial charge in [-0.3, -0.25) is 0 Å². The van der Waals surface area contributed by atoms with Crippen molar-refractivity contribution >= 4 is 11.6 Å². The molecule has 0 bridgehead atoms. The molecule has 120 valence electrons. The van der Waals surface area contributed by atoms with Crippen molar-refractivity contribution in [3.05, 3.63) is 16.5 Å². The summed E-state index contributed by atoms with van der Waals surface area (Å²) >= 11 is 5.68. The highest BCUT2D eigenvalue weighted by molar-refractivity contribution is 6.30. The summed E-state index contributed by atoms with van der Waals surface area (Å²) in [6.45, 7) is 4.39. The molecule has 10 heteroatoms. The average Bonchev–Trinajstić information content (AvgIpc) is 2.27. The molecule has 0 aliphatic rings. The van der Waals surface area contributed by atoms with Crippen LogP contribution in [0.15, 0.2) is 0 Å². The van der Waals surface area contributed by atoms with Crippen LogP contribution in [0.4, 0.5) is 26.3 Å². The molecule has 21 heavy (non-hydrogen) atoms. The Balaban J connectivity index is 3.27. The predicted octanol–water partition coefficient (Wildman–Crippen LogP) is 4.43. The molecule has 3 nitrogen and oxygen atoms in total. The number of alkyl halides is 6. The summed E-state index contributed by atoms with van der Waals surface area (Å²) in [6.07, 6.45) is -15.2. The van der Waals surface area contributed by atoms with Gasteiger partial charge in [0.15, 0.2) is 0 Å². The zero-order valence-electron chi connectivity index (χ0n) is 11.1. The largest absolute Gasteiger partial charge is 0.454 e. The second kappa shape index (κ2) is 5.86. The molecule has 0 aliphatic heterocycles. The van der Waals surface area contributed by atoms with Crippen LogP contribution in [0, 0.1) is 6.92 Å². The monoisotopic (exact) mass is 336 g/mol. The topological polar surface area (TPSA) is 35.0 Å².